The van der Waals surface area contributed by atoms with E-state index in [0.717, 1.165) is 0 Å². The van der Waals surface area contributed by atoms with E-state index in [-0.39, 0.29) is 54.2 Å². The molecule has 2 N–H and O–H groups in total. The molecule has 0 spiro atoms. The van der Waals surface area contributed by atoms with E-state index < -0.39 is 35.5 Å². The lowest BCUT2D eigenvalue weighted by molar-refractivity contribution is -0.164. The lowest BCUT2D eigenvalue weighted by Gasteiger charge is -2.22. The molecule has 1 aromatic carbocycles. The number of rotatable bonds is 14. The minimum Gasteiger partial charge on any atom is -0.461 e. The summed E-state index contributed by atoms with van der Waals surface area (Å²) in [5.41, 5.74) is 6.06. The Kier molecular flexibility index (Phi) is 13.1. The molecule has 0 heterocycles. The Balaban J connectivity index is 2.99. The smallest absolute Gasteiger partial charge is 0.323 e. The van der Waals surface area contributed by atoms with Crippen LogP contribution in [-0.2, 0) is 35.1 Å². The van der Waals surface area contributed by atoms with E-state index in [1.807, 2.05) is 34.6 Å². The molecule has 0 saturated carbocycles. The minimum atomic E-state index is -1.03. The van der Waals surface area contributed by atoms with Crippen molar-refractivity contribution in [2.75, 3.05) is 6.61 Å². The maximum absolute atomic E-state index is 12.7. The average molecular weight is 550 g/mol. The van der Waals surface area contributed by atoms with Crippen LogP contribution >= 0.6 is 0 Å². The van der Waals surface area contributed by atoms with Crippen LogP contribution < -0.4 is 15.2 Å². The molecule has 1 rings (SSSR count). The number of carbonyl (C=O) groups is 4. The zero-order valence-electron chi connectivity index (χ0n) is 25.2. The van der Waals surface area contributed by atoms with Crippen molar-refractivity contribution in [1.82, 2.24) is 0 Å². The summed E-state index contributed by atoms with van der Waals surface area (Å²) in [7, 11) is 0. The minimum absolute atomic E-state index is 0.0464. The van der Waals surface area contributed by atoms with Crippen LogP contribution in [0.2, 0.25) is 0 Å². The van der Waals surface area contributed by atoms with Crippen LogP contribution in [0.25, 0.3) is 0 Å². The molecular formula is C30H47NO8. The number of carbonyl (C=O) groups excluding carboxylic acids is 4. The molecule has 0 fully saturated rings. The standard InChI is InChI=1S/C30H47NO8/c1-11-30(9,10)29(35)36-16-19(6)37-28(34)23(31)14-22-12-13-24(38-26(32)20(7)17(2)3)25(15-22)39-27(33)21(8)18(4)5/h12-13,15,17-21,23H,11,14,16,31H2,1-10H3/t19-,20?,21?,23-/m0/s1. The Morgan fingerprint density at radius 3 is 1.82 bits per heavy atom. The zero-order chi connectivity index (χ0) is 30.1. The quantitative estimate of drug-likeness (QED) is 0.255. The number of nitrogens with two attached hydrogens (primary N) is 1. The van der Waals surface area contributed by atoms with Crippen molar-refractivity contribution in [3.63, 3.8) is 0 Å². The molecule has 9 nitrogen and oxygen atoms in total. The third-order valence-electron chi connectivity index (χ3n) is 7.13. The number of benzene rings is 1. The Bertz CT molecular complexity index is 1000. The van der Waals surface area contributed by atoms with Gasteiger partial charge in [-0.3, -0.25) is 19.2 Å². The lowest BCUT2D eigenvalue weighted by atomic mass is 9.91. The summed E-state index contributed by atoms with van der Waals surface area (Å²) in [6.45, 7) is 18.2. The lowest BCUT2D eigenvalue weighted by Crippen LogP contribution is -2.38. The van der Waals surface area contributed by atoms with Crippen LogP contribution in [0.15, 0.2) is 18.2 Å². The van der Waals surface area contributed by atoms with Gasteiger partial charge in [0.2, 0.25) is 0 Å². The van der Waals surface area contributed by atoms with Crippen molar-refractivity contribution in [3.05, 3.63) is 23.8 Å². The maximum atomic E-state index is 12.7. The Labute approximate surface area is 233 Å². The first kappa shape index (κ1) is 34.1. The molecule has 0 aliphatic heterocycles. The first-order valence-corrected chi connectivity index (χ1v) is 13.7. The van der Waals surface area contributed by atoms with E-state index in [1.54, 1.807) is 46.8 Å². The van der Waals surface area contributed by atoms with Crippen LogP contribution in [0.3, 0.4) is 0 Å². The van der Waals surface area contributed by atoms with Gasteiger partial charge in [-0.25, -0.2) is 0 Å². The van der Waals surface area contributed by atoms with Gasteiger partial charge in [0.15, 0.2) is 11.5 Å². The summed E-state index contributed by atoms with van der Waals surface area (Å²) < 4.78 is 21.8. The highest BCUT2D eigenvalue weighted by atomic mass is 16.6. The van der Waals surface area contributed by atoms with Crippen LogP contribution in [-0.4, -0.2) is 42.6 Å². The summed E-state index contributed by atoms with van der Waals surface area (Å²) in [4.78, 5) is 50.0. The number of esters is 4. The molecule has 4 atom stereocenters. The first-order valence-electron chi connectivity index (χ1n) is 13.7. The van der Waals surface area contributed by atoms with E-state index in [0.29, 0.717) is 12.0 Å². The van der Waals surface area contributed by atoms with E-state index in [4.69, 9.17) is 24.7 Å². The van der Waals surface area contributed by atoms with Gasteiger partial charge < -0.3 is 24.7 Å². The average Bonchev–Trinajstić information content (AvgIpc) is 2.87. The predicted molar refractivity (Wildman–Crippen MR) is 148 cm³/mol. The SMILES string of the molecule is CCC(C)(C)C(=O)OC[C@H](C)OC(=O)[C@@H](N)Cc1ccc(OC(=O)C(C)C(C)C)c(OC(=O)C(C)C(C)C)c1. The largest absolute Gasteiger partial charge is 0.461 e. The second-order valence-corrected chi connectivity index (χ2v) is 11.6. The van der Waals surface area contributed by atoms with Crippen molar-refractivity contribution in [2.24, 2.45) is 34.8 Å². The fraction of sp³-hybridized carbons (Fsp3) is 0.667. The zero-order valence-corrected chi connectivity index (χ0v) is 25.2. The van der Waals surface area contributed by atoms with Crippen molar-refractivity contribution in [2.45, 2.75) is 94.2 Å². The second kappa shape index (κ2) is 15.0. The predicted octanol–water partition coefficient (Wildman–Crippen LogP) is 4.86. The van der Waals surface area contributed by atoms with Gasteiger partial charge in [0, 0.05) is 0 Å². The van der Waals surface area contributed by atoms with Gasteiger partial charge in [-0.15, -0.1) is 0 Å². The normalized spacial score (nSPS) is 14.8. The van der Waals surface area contributed by atoms with Crippen molar-refractivity contribution >= 4 is 23.9 Å². The summed E-state index contributed by atoms with van der Waals surface area (Å²) in [5.74, 6) is -2.38. The molecule has 0 aliphatic rings. The maximum Gasteiger partial charge on any atom is 0.323 e. The highest BCUT2D eigenvalue weighted by Gasteiger charge is 2.29. The summed E-state index contributed by atoms with van der Waals surface area (Å²) in [6, 6.07) is 3.69. The van der Waals surface area contributed by atoms with Gasteiger partial charge in [-0.1, -0.05) is 54.5 Å². The molecule has 9 heteroatoms. The van der Waals surface area contributed by atoms with Crippen LogP contribution in [0, 0.1) is 29.1 Å². The Morgan fingerprint density at radius 1 is 0.821 bits per heavy atom. The first-order chi connectivity index (χ1) is 18.0. The van der Waals surface area contributed by atoms with Crippen molar-refractivity contribution in [1.29, 1.82) is 0 Å². The van der Waals surface area contributed by atoms with Gasteiger partial charge >= 0.3 is 23.9 Å². The number of hydrogen-bond acceptors (Lipinski definition) is 9. The highest BCUT2D eigenvalue weighted by molar-refractivity contribution is 5.79. The summed E-state index contributed by atoms with van der Waals surface area (Å²) >= 11 is 0. The van der Waals surface area contributed by atoms with Gasteiger partial charge in [0.25, 0.3) is 0 Å². The highest BCUT2D eigenvalue weighted by Crippen LogP contribution is 2.31. The van der Waals surface area contributed by atoms with Crippen LogP contribution in [0.4, 0.5) is 0 Å². The van der Waals surface area contributed by atoms with Crippen molar-refractivity contribution < 1.29 is 38.1 Å². The molecule has 1 aromatic rings. The van der Waals surface area contributed by atoms with E-state index in [9.17, 15) is 19.2 Å². The summed E-state index contributed by atoms with van der Waals surface area (Å²) in [5, 5.41) is 0. The van der Waals surface area contributed by atoms with Gasteiger partial charge in [-0.05, 0) is 63.1 Å². The van der Waals surface area contributed by atoms with E-state index >= 15 is 0 Å². The van der Waals surface area contributed by atoms with Crippen LogP contribution in [0.5, 0.6) is 11.5 Å². The molecule has 220 valence electrons. The number of hydrogen-bond donors (Lipinski definition) is 1. The van der Waals surface area contributed by atoms with Crippen molar-refractivity contribution in [3.8, 4) is 11.5 Å². The third kappa shape index (κ3) is 10.6. The van der Waals surface area contributed by atoms with Gasteiger partial charge in [0.1, 0.15) is 18.8 Å². The van der Waals surface area contributed by atoms with E-state index in [2.05, 4.69) is 0 Å². The van der Waals surface area contributed by atoms with Crippen LogP contribution in [0.1, 0.15) is 81.2 Å². The second-order valence-electron chi connectivity index (χ2n) is 11.6. The Hall–Kier alpha value is -2.94. The molecular weight excluding hydrogens is 502 g/mol. The fourth-order valence-corrected chi connectivity index (χ4v) is 2.98. The molecule has 0 aromatic heterocycles. The molecule has 0 bridgehead atoms. The fourth-order valence-electron chi connectivity index (χ4n) is 2.98. The van der Waals surface area contributed by atoms with E-state index in [1.165, 1.54) is 6.07 Å². The third-order valence-corrected chi connectivity index (χ3v) is 7.13. The van der Waals surface area contributed by atoms with Gasteiger partial charge in [0.05, 0.1) is 17.3 Å². The molecule has 0 saturated heterocycles. The molecule has 39 heavy (non-hydrogen) atoms. The monoisotopic (exact) mass is 549 g/mol. The molecule has 2 unspecified atom stereocenters. The summed E-state index contributed by atoms with van der Waals surface area (Å²) in [6.07, 6.45) is 0.0153. The Morgan fingerprint density at radius 2 is 1.33 bits per heavy atom. The molecule has 0 aliphatic carbocycles. The topological polar surface area (TPSA) is 131 Å². The molecule has 0 amide bonds. The molecule has 0 radical (unpaired) electrons. The van der Waals surface area contributed by atoms with Gasteiger partial charge in [-0.2, -0.15) is 0 Å². The number of ether oxygens (including phenoxy) is 4.